The van der Waals surface area contributed by atoms with Gasteiger partial charge in [-0.15, -0.1) is 0 Å². The molecule has 1 heterocycles. The predicted octanol–water partition coefficient (Wildman–Crippen LogP) is 3.32. The minimum absolute atomic E-state index is 0.0530. The van der Waals surface area contributed by atoms with E-state index in [1.807, 2.05) is 55.5 Å². The Morgan fingerprint density at radius 3 is 2.61 bits per heavy atom. The second-order valence-electron chi connectivity index (χ2n) is 5.61. The van der Waals surface area contributed by atoms with Gasteiger partial charge in [0.05, 0.1) is 10.9 Å². The Bertz CT molecular complexity index is 897. The van der Waals surface area contributed by atoms with E-state index < -0.39 is 0 Å². The summed E-state index contributed by atoms with van der Waals surface area (Å²) in [5.74, 6) is 6.61. The number of hydrogen-bond donors (Lipinski definition) is 1. The van der Waals surface area contributed by atoms with Crippen LogP contribution in [0.1, 0.15) is 30.7 Å². The number of hydrogen-bond acceptors (Lipinski definition) is 3. The van der Waals surface area contributed by atoms with E-state index in [-0.39, 0.29) is 11.5 Å². The summed E-state index contributed by atoms with van der Waals surface area (Å²) in [6, 6.07) is 17.4. The van der Waals surface area contributed by atoms with Crippen LogP contribution >= 0.6 is 0 Å². The number of benzene rings is 2. The maximum Gasteiger partial charge on any atom is 0.279 e. The van der Waals surface area contributed by atoms with Crippen molar-refractivity contribution in [3.05, 3.63) is 82.4 Å². The molecule has 0 radical (unpaired) electrons. The highest BCUT2D eigenvalue weighted by molar-refractivity contribution is 5.77. The molecule has 23 heavy (non-hydrogen) atoms. The lowest BCUT2D eigenvalue weighted by atomic mass is 10.1. The van der Waals surface area contributed by atoms with Crippen molar-refractivity contribution in [2.45, 2.75) is 19.3 Å². The van der Waals surface area contributed by atoms with Gasteiger partial charge in [0.25, 0.3) is 5.56 Å². The number of nitrogens with two attached hydrogens (primary N) is 1. The summed E-state index contributed by atoms with van der Waals surface area (Å²) in [5.41, 5.74) is 1.63. The topological polar surface area (TPSA) is 60.9 Å². The van der Waals surface area contributed by atoms with Crippen LogP contribution in [-0.2, 0) is 0 Å². The molecule has 0 fully saturated rings. The molecule has 0 aliphatic carbocycles. The molecule has 0 aliphatic heterocycles. The molecule has 0 amide bonds. The normalized spacial score (nSPS) is 12.7. The summed E-state index contributed by atoms with van der Waals surface area (Å²) in [7, 11) is 0. The van der Waals surface area contributed by atoms with Gasteiger partial charge < -0.3 is 5.84 Å². The van der Waals surface area contributed by atoms with E-state index in [0.717, 1.165) is 12.0 Å². The number of aromatic nitrogens is 2. The first kappa shape index (κ1) is 15.0. The third-order valence-corrected chi connectivity index (χ3v) is 3.88. The standard InChI is InChI=1S/C19H19N3O/c1-14(8-7-11-15-9-3-2-4-10-15)18-21-17-13-6-5-12-16(17)19(23)22(18)20/h2-7,9-14H,8,20H2,1H3/b11-7-/t14-/m0/s1. The monoisotopic (exact) mass is 305 g/mol. The van der Waals surface area contributed by atoms with E-state index in [9.17, 15) is 4.79 Å². The molecule has 0 bridgehead atoms. The van der Waals surface area contributed by atoms with Crippen molar-refractivity contribution in [3.8, 4) is 0 Å². The van der Waals surface area contributed by atoms with Crippen molar-refractivity contribution in [1.29, 1.82) is 0 Å². The molecular weight excluding hydrogens is 286 g/mol. The lowest BCUT2D eigenvalue weighted by Gasteiger charge is -2.13. The predicted molar refractivity (Wildman–Crippen MR) is 94.7 cm³/mol. The Morgan fingerprint density at radius 2 is 1.83 bits per heavy atom. The number of rotatable bonds is 4. The molecule has 1 aromatic heterocycles. The summed E-state index contributed by atoms with van der Waals surface area (Å²) in [5, 5.41) is 0.547. The third kappa shape index (κ3) is 3.16. The zero-order chi connectivity index (χ0) is 16.2. The number of nitrogen functional groups attached to an aromatic ring is 1. The second-order valence-corrected chi connectivity index (χ2v) is 5.61. The first-order valence-electron chi connectivity index (χ1n) is 7.65. The summed E-state index contributed by atoms with van der Waals surface area (Å²) >= 11 is 0. The molecule has 2 N–H and O–H groups in total. The fraction of sp³-hybridized carbons (Fsp3) is 0.158. The number of nitrogens with zero attached hydrogens (tertiary/aromatic N) is 2. The van der Waals surface area contributed by atoms with Gasteiger partial charge in [0, 0.05) is 5.92 Å². The van der Waals surface area contributed by atoms with Gasteiger partial charge in [-0.1, -0.05) is 61.5 Å². The smallest absolute Gasteiger partial charge is 0.279 e. The molecule has 4 heteroatoms. The lowest BCUT2D eigenvalue weighted by Crippen LogP contribution is -2.32. The van der Waals surface area contributed by atoms with E-state index in [4.69, 9.17) is 5.84 Å². The highest BCUT2D eigenvalue weighted by Gasteiger charge is 2.13. The Labute approximate surface area is 134 Å². The van der Waals surface area contributed by atoms with Gasteiger partial charge in [-0.05, 0) is 24.1 Å². The second kappa shape index (κ2) is 6.48. The summed E-state index contributed by atoms with van der Waals surface area (Å²) in [6.07, 6.45) is 4.91. The average Bonchev–Trinajstić information content (AvgIpc) is 2.59. The molecule has 3 rings (SSSR count). The number of para-hydroxylation sites is 1. The fourth-order valence-corrected chi connectivity index (χ4v) is 2.59. The molecule has 0 saturated carbocycles. The van der Waals surface area contributed by atoms with Crippen LogP contribution in [0.15, 0.2) is 65.5 Å². The Hall–Kier alpha value is -2.88. The molecule has 116 valence electrons. The van der Waals surface area contributed by atoms with Crippen molar-refractivity contribution >= 4 is 17.0 Å². The first-order valence-corrected chi connectivity index (χ1v) is 7.65. The van der Waals surface area contributed by atoms with Crippen molar-refractivity contribution in [1.82, 2.24) is 9.66 Å². The number of allylic oxidation sites excluding steroid dienone is 1. The quantitative estimate of drug-likeness (QED) is 0.752. The van der Waals surface area contributed by atoms with Crippen LogP contribution in [0, 0.1) is 0 Å². The molecule has 4 nitrogen and oxygen atoms in total. The first-order chi connectivity index (χ1) is 11.2. The largest absolute Gasteiger partial charge is 0.335 e. The lowest BCUT2D eigenvalue weighted by molar-refractivity contribution is 0.663. The van der Waals surface area contributed by atoms with Gasteiger partial charge in [0.2, 0.25) is 0 Å². The van der Waals surface area contributed by atoms with Gasteiger partial charge in [0.15, 0.2) is 0 Å². The van der Waals surface area contributed by atoms with Crippen molar-refractivity contribution in [3.63, 3.8) is 0 Å². The summed E-state index contributed by atoms with van der Waals surface area (Å²) in [4.78, 5) is 16.9. The van der Waals surface area contributed by atoms with Crippen molar-refractivity contribution < 1.29 is 0 Å². The maximum absolute atomic E-state index is 12.3. The number of fused-ring (bicyclic) bond motifs is 1. The van der Waals surface area contributed by atoms with E-state index in [2.05, 4.69) is 17.1 Å². The molecule has 2 aromatic carbocycles. The zero-order valence-electron chi connectivity index (χ0n) is 13.0. The Morgan fingerprint density at radius 1 is 1.13 bits per heavy atom. The summed E-state index contributed by atoms with van der Waals surface area (Å²) < 4.78 is 1.17. The molecule has 0 unspecified atom stereocenters. The average molecular weight is 305 g/mol. The summed E-state index contributed by atoms with van der Waals surface area (Å²) in [6.45, 7) is 2.02. The van der Waals surface area contributed by atoms with E-state index in [1.165, 1.54) is 4.68 Å². The van der Waals surface area contributed by atoms with Crippen LogP contribution in [0.3, 0.4) is 0 Å². The highest BCUT2D eigenvalue weighted by atomic mass is 16.1. The Balaban J connectivity index is 1.86. The minimum atomic E-state index is -0.204. The zero-order valence-corrected chi connectivity index (χ0v) is 13.0. The van der Waals surface area contributed by atoms with Gasteiger partial charge in [-0.2, -0.15) is 0 Å². The van der Waals surface area contributed by atoms with Gasteiger partial charge in [-0.3, -0.25) is 4.79 Å². The van der Waals surface area contributed by atoms with Crippen molar-refractivity contribution in [2.75, 3.05) is 5.84 Å². The molecule has 0 saturated heterocycles. The van der Waals surface area contributed by atoms with E-state index in [1.54, 1.807) is 6.07 Å². The highest BCUT2D eigenvalue weighted by Crippen LogP contribution is 2.18. The Kier molecular flexibility index (Phi) is 4.24. The SMILES string of the molecule is C[C@@H](C/C=C\c1ccccc1)c1nc2ccccc2c(=O)n1N. The maximum atomic E-state index is 12.3. The van der Waals surface area contributed by atoms with Crippen LogP contribution < -0.4 is 11.4 Å². The third-order valence-electron chi connectivity index (χ3n) is 3.88. The van der Waals surface area contributed by atoms with Crippen LogP contribution in [0.5, 0.6) is 0 Å². The molecule has 3 aromatic rings. The molecule has 0 aliphatic rings. The van der Waals surface area contributed by atoms with E-state index >= 15 is 0 Å². The van der Waals surface area contributed by atoms with Crippen LogP contribution in [0.25, 0.3) is 17.0 Å². The molecule has 0 spiro atoms. The molecule has 1 atom stereocenters. The van der Waals surface area contributed by atoms with E-state index in [0.29, 0.717) is 16.7 Å². The van der Waals surface area contributed by atoms with Gasteiger partial charge in [-0.25, -0.2) is 9.66 Å². The van der Waals surface area contributed by atoms with Gasteiger partial charge >= 0.3 is 0 Å². The van der Waals surface area contributed by atoms with Crippen LogP contribution in [0.2, 0.25) is 0 Å². The minimum Gasteiger partial charge on any atom is -0.335 e. The fourth-order valence-electron chi connectivity index (χ4n) is 2.59. The van der Waals surface area contributed by atoms with Crippen molar-refractivity contribution in [2.24, 2.45) is 0 Å². The van der Waals surface area contributed by atoms with Crippen LogP contribution in [0.4, 0.5) is 0 Å². The van der Waals surface area contributed by atoms with Crippen LogP contribution in [-0.4, -0.2) is 9.66 Å². The molecular formula is C19H19N3O. The van der Waals surface area contributed by atoms with Gasteiger partial charge in [0.1, 0.15) is 5.82 Å².